The SMILES string of the molecule is COCCN1C(=O)[C@@H]2C[C@H](NC(=O)c3ccncc3)CN2CCS1(=O)=O. The number of hydrogen-bond acceptors (Lipinski definition) is 7. The van der Waals surface area contributed by atoms with E-state index in [-0.39, 0.29) is 37.4 Å². The average molecular weight is 382 g/mol. The van der Waals surface area contributed by atoms with Gasteiger partial charge in [-0.05, 0) is 18.6 Å². The molecule has 0 spiro atoms. The van der Waals surface area contributed by atoms with E-state index in [0.29, 0.717) is 18.5 Å². The van der Waals surface area contributed by atoms with Crippen LogP contribution in [0.25, 0.3) is 0 Å². The Labute approximate surface area is 152 Å². The summed E-state index contributed by atoms with van der Waals surface area (Å²) >= 11 is 0. The number of nitrogens with one attached hydrogen (secondary N) is 1. The van der Waals surface area contributed by atoms with Gasteiger partial charge in [0.25, 0.3) is 11.8 Å². The highest BCUT2D eigenvalue weighted by molar-refractivity contribution is 7.89. The molecule has 0 aromatic carbocycles. The van der Waals surface area contributed by atoms with E-state index in [1.807, 2.05) is 4.90 Å². The minimum Gasteiger partial charge on any atom is -0.383 e. The van der Waals surface area contributed by atoms with Crippen LogP contribution in [-0.4, -0.2) is 85.6 Å². The molecule has 1 aromatic heterocycles. The first kappa shape index (κ1) is 18.7. The molecule has 26 heavy (non-hydrogen) atoms. The number of carbonyl (C=O) groups excluding carboxylic acids is 2. The van der Waals surface area contributed by atoms with Crippen molar-refractivity contribution in [3.05, 3.63) is 30.1 Å². The highest BCUT2D eigenvalue weighted by Crippen LogP contribution is 2.24. The van der Waals surface area contributed by atoms with Gasteiger partial charge in [0.2, 0.25) is 10.0 Å². The minimum atomic E-state index is -3.64. The van der Waals surface area contributed by atoms with Crippen molar-refractivity contribution >= 4 is 21.8 Å². The predicted molar refractivity (Wildman–Crippen MR) is 92.8 cm³/mol. The van der Waals surface area contributed by atoms with Crippen LogP contribution in [0.15, 0.2) is 24.5 Å². The first-order valence-electron chi connectivity index (χ1n) is 8.40. The van der Waals surface area contributed by atoms with Crippen LogP contribution in [0.2, 0.25) is 0 Å². The molecule has 1 N–H and O–H groups in total. The van der Waals surface area contributed by atoms with Gasteiger partial charge < -0.3 is 10.1 Å². The van der Waals surface area contributed by atoms with Gasteiger partial charge in [-0.2, -0.15) is 0 Å². The summed E-state index contributed by atoms with van der Waals surface area (Å²) in [5.41, 5.74) is 0.498. The van der Waals surface area contributed by atoms with E-state index in [2.05, 4.69) is 10.3 Å². The Hall–Kier alpha value is -2.04. The zero-order valence-corrected chi connectivity index (χ0v) is 15.3. The number of hydrogen-bond donors (Lipinski definition) is 1. The van der Waals surface area contributed by atoms with Gasteiger partial charge in [-0.25, -0.2) is 12.7 Å². The summed E-state index contributed by atoms with van der Waals surface area (Å²) in [6.45, 7) is 0.876. The third-order valence-corrected chi connectivity index (χ3v) is 6.42. The molecule has 2 saturated heterocycles. The van der Waals surface area contributed by atoms with Gasteiger partial charge >= 0.3 is 0 Å². The number of fused-ring (bicyclic) bond motifs is 1. The topological polar surface area (TPSA) is 109 Å². The molecule has 2 aliphatic heterocycles. The molecule has 10 heteroatoms. The van der Waals surface area contributed by atoms with E-state index >= 15 is 0 Å². The fraction of sp³-hybridized carbons (Fsp3) is 0.562. The molecule has 1 aromatic rings. The molecule has 142 valence electrons. The van der Waals surface area contributed by atoms with Crippen molar-refractivity contribution in [1.29, 1.82) is 0 Å². The molecule has 2 amide bonds. The van der Waals surface area contributed by atoms with Crippen LogP contribution in [0, 0.1) is 0 Å². The monoisotopic (exact) mass is 382 g/mol. The van der Waals surface area contributed by atoms with Crippen molar-refractivity contribution in [2.45, 2.75) is 18.5 Å². The maximum absolute atomic E-state index is 12.8. The van der Waals surface area contributed by atoms with Gasteiger partial charge in [0.15, 0.2) is 0 Å². The van der Waals surface area contributed by atoms with Crippen molar-refractivity contribution in [2.75, 3.05) is 39.1 Å². The third kappa shape index (κ3) is 3.87. The molecule has 0 aliphatic carbocycles. The van der Waals surface area contributed by atoms with Crippen molar-refractivity contribution in [2.24, 2.45) is 0 Å². The lowest BCUT2D eigenvalue weighted by atomic mass is 10.1. The molecular weight excluding hydrogens is 360 g/mol. The number of rotatable bonds is 5. The third-order valence-electron chi connectivity index (χ3n) is 4.68. The summed E-state index contributed by atoms with van der Waals surface area (Å²) in [5.74, 6) is -0.796. The Kier molecular flexibility index (Phi) is 5.54. The summed E-state index contributed by atoms with van der Waals surface area (Å²) in [6, 6.07) is 2.47. The van der Waals surface area contributed by atoms with E-state index in [1.165, 1.54) is 7.11 Å². The molecule has 0 unspecified atom stereocenters. The van der Waals surface area contributed by atoms with Crippen molar-refractivity contribution in [3.63, 3.8) is 0 Å². The van der Waals surface area contributed by atoms with E-state index in [4.69, 9.17) is 4.74 Å². The van der Waals surface area contributed by atoms with Crippen LogP contribution >= 0.6 is 0 Å². The molecule has 0 bridgehead atoms. The minimum absolute atomic E-state index is 0.00997. The van der Waals surface area contributed by atoms with Crippen molar-refractivity contribution in [1.82, 2.24) is 19.5 Å². The van der Waals surface area contributed by atoms with Crippen LogP contribution in [0.4, 0.5) is 0 Å². The molecule has 2 aliphatic rings. The predicted octanol–water partition coefficient (Wildman–Crippen LogP) is -0.927. The van der Waals surface area contributed by atoms with E-state index in [9.17, 15) is 18.0 Å². The maximum Gasteiger partial charge on any atom is 0.253 e. The lowest BCUT2D eigenvalue weighted by molar-refractivity contribution is -0.131. The second kappa shape index (κ2) is 7.68. The van der Waals surface area contributed by atoms with Crippen LogP contribution < -0.4 is 5.32 Å². The van der Waals surface area contributed by atoms with Gasteiger partial charge in [0.05, 0.1) is 24.9 Å². The lowest BCUT2D eigenvalue weighted by Crippen LogP contribution is -2.45. The standard InChI is InChI=1S/C16H22N4O5S/c1-25-8-6-20-16(22)14-10-13(11-19(14)7-9-26(20,23)24)18-15(21)12-2-4-17-5-3-12/h2-5,13-14H,6-11H2,1H3,(H,18,21)/t13-,14-/m0/s1. The van der Waals surface area contributed by atoms with Crippen molar-refractivity contribution in [3.8, 4) is 0 Å². The largest absolute Gasteiger partial charge is 0.383 e. The highest BCUT2D eigenvalue weighted by atomic mass is 32.2. The lowest BCUT2D eigenvalue weighted by Gasteiger charge is -2.23. The van der Waals surface area contributed by atoms with Crippen LogP contribution in [0.5, 0.6) is 0 Å². The van der Waals surface area contributed by atoms with E-state index < -0.39 is 22.0 Å². The molecule has 2 fully saturated rings. The Morgan fingerprint density at radius 1 is 1.38 bits per heavy atom. The van der Waals surface area contributed by atoms with Gasteiger partial charge in [-0.3, -0.25) is 19.5 Å². The molecule has 0 radical (unpaired) electrons. The fourth-order valence-electron chi connectivity index (χ4n) is 3.35. The van der Waals surface area contributed by atoms with Crippen LogP contribution in [0.3, 0.4) is 0 Å². The number of sulfonamides is 1. The summed E-state index contributed by atoms with van der Waals surface area (Å²) in [6.07, 6.45) is 3.47. The van der Waals surface area contributed by atoms with E-state index in [1.54, 1.807) is 24.5 Å². The molecular formula is C16H22N4O5S. The van der Waals surface area contributed by atoms with E-state index in [0.717, 1.165) is 4.31 Å². The number of nitrogens with zero attached hydrogens (tertiary/aromatic N) is 3. The number of ether oxygens (including phenoxy) is 1. The Morgan fingerprint density at radius 3 is 2.81 bits per heavy atom. The second-order valence-corrected chi connectivity index (χ2v) is 8.38. The van der Waals surface area contributed by atoms with Gasteiger partial charge in [-0.1, -0.05) is 0 Å². The maximum atomic E-state index is 12.8. The van der Waals surface area contributed by atoms with Crippen molar-refractivity contribution < 1.29 is 22.7 Å². The van der Waals surface area contributed by atoms with Gasteiger partial charge in [-0.15, -0.1) is 0 Å². The summed E-state index contributed by atoms with van der Waals surface area (Å²) in [5, 5.41) is 2.92. The number of methoxy groups -OCH3 is 1. The molecule has 2 atom stereocenters. The zero-order chi connectivity index (χ0) is 18.7. The second-order valence-electron chi connectivity index (χ2n) is 6.37. The summed E-state index contributed by atoms with van der Waals surface area (Å²) in [4.78, 5) is 30.8. The van der Waals surface area contributed by atoms with Gasteiger partial charge in [0.1, 0.15) is 0 Å². The molecule has 3 heterocycles. The first-order valence-corrected chi connectivity index (χ1v) is 10.0. The molecule has 9 nitrogen and oxygen atoms in total. The van der Waals surface area contributed by atoms with Gasteiger partial charge in [0, 0.05) is 44.2 Å². The number of amides is 2. The summed E-state index contributed by atoms with van der Waals surface area (Å²) < 4.78 is 30.5. The van der Waals surface area contributed by atoms with Crippen LogP contribution in [-0.2, 0) is 19.6 Å². The fourth-order valence-corrected chi connectivity index (χ4v) is 4.79. The smallest absolute Gasteiger partial charge is 0.253 e. The Morgan fingerprint density at radius 2 is 2.12 bits per heavy atom. The average Bonchev–Trinajstić information content (AvgIpc) is 3.00. The zero-order valence-electron chi connectivity index (χ0n) is 14.5. The number of pyridine rings is 1. The number of aromatic nitrogens is 1. The number of carbonyl (C=O) groups is 2. The first-order chi connectivity index (χ1) is 12.4. The Balaban J connectivity index is 1.70. The highest BCUT2D eigenvalue weighted by Gasteiger charge is 2.45. The normalized spacial score (nSPS) is 25.6. The molecule has 0 saturated carbocycles. The summed E-state index contributed by atoms with van der Waals surface area (Å²) in [7, 11) is -2.18. The Bertz CT molecular complexity index is 770. The molecule has 3 rings (SSSR count). The van der Waals surface area contributed by atoms with Crippen LogP contribution in [0.1, 0.15) is 16.8 Å². The quantitative estimate of drug-likeness (QED) is 0.701.